The zero-order chi connectivity index (χ0) is 12.8. The second-order valence-corrected chi connectivity index (χ2v) is 5.16. The molecule has 2 rings (SSSR count). The molecule has 0 bridgehead atoms. The van der Waals surface area contributed by atoms with Crippen molar-refractivity contribution in [1.29, 1.82) is 0 Å². The normalized spacial score (nSPS) is 24.3. The van der Waals surface area contributed by atoms with E-state index in [1.54, 1.807) is 0 Å². The van der Waals surface area contributed by atoms with Gasteiger partial charge in [0.2, 0.25) is 0 Å². The van der Waals surface area contributed by atoms with Crippen LogP contribution in [0.3, 0.4) is 0 Å². The molecule has 98 valence electrons. The minimum atomic E-state index is 0.702. The van der Waals surface area contributed by atoms with E-state index in [4.69, 9.17) is 5.73 Å². The lowest BCUT2D eigenvalue weighted by Gasteiger charge is -2.26. The Labute approximate surface area is 109 Å². The third kappa shape index (κ3) is 3.49. The second-order valence-electron chi connectivity index (χ2n) is 5.16. The topological polar surface area (TPSA) is 50.4 Å². The van der Waals surface area contributed by atoms with Crippen LogP contribution in [0.1, 0.15) is 25.7 Å². The minimum absolute atomic E-state index is 0.702. The molecule has 0 spiro atoms. The van der Waals surface area contributed by atoms with Crippen molar-refractivity contribution < 1.29 is 0 Å². The van der Waals surface area contributed by atoms with Crippen molar-refractivity contribution in [2.24, 2.45) is 16.8 Å². The molecule has 0 heterocycles. The number of benzene rings is 1. The van der Waals surface area contributed by atoms with Gasteiger partial charge in [0.1, 0.15) is 0 Å². The summed E-state index contributed by atoms with van der Waals surface area (Å²) in [6, 6.07) is 7.98. The largest absolute Gasteiger partial charge is 0.397 e. The molecule has 1 aromatic rings. The Kier molecular flexibility index (Phi) is 4.62. The number of nitrogens with one attached hydrogen (secondary N) is 1. The van der Waals surface area contributed by atoms with Gasteiger partial charge in [-0.1, -0.05) is 12.1 Å². The fourth-order valence-electron chi connectivity index (χ4n) is 2.66. The van der Waals surface area contributed by atoms with Crippen molar-refractivity contribution in [3.63, 3.8) is 0 Å². The number of anilines is 2. The van der Waals surface area contributed by atoms with E-state index >= 15 is 0 Å². The van der Waals surface area contributed by atoms with Gasteiger partial charge in [-0.05, 0) is 49.7 Å². The van der Waals surface area contributed by atoms with E-state index in [9.17, 15) is 0 Å². The van der Waals surface area contributed by atoms with Crippen LogP contribution in [0.2, 0.25) is 0 Å². The van der Waals surface area contributed by atoms with Crippen molar-refractivity contribution in [1.82, 2.24) is 0 Å². The molecule has 1 saturated carbocycles. The number of hydrogen-bond acceptors (Lipinski definition) is 3. The molecule has 3 nitrogen and oxygen atoms in total. The van der Waals surface area contributed by atoms with Crippen LogP contribution in [-0.4, -0.2) is 19.8 Å². The summed E-state index contributed by atoms with van der Waals surface area (Å²) in [5.74, 6) is 1.47. The molecule has 18 heavy (non-hydrogen) atoms. The summed E-state index contributed by atoms with van der Waals surface area (Å²) < 4.78 is 0. The van der Waals surface area contributed by atoms with Crippen LogP contribution in [0.25, 0.3) is 0 Å². The van der Waals surface area contributed by atoms with Crippen molar-refractivity contribution in [2.75, 3.05) is 24.6 Å². The van der Waals surface area contributed by atoms with Crippen LogP contribution < -0.4 is 11.1 Å². The van der Waals surface area contributed by atoms with E-state index in [0.29, 0.717) is 5.92 Å². The highest BCUT2D eigenvalue weighted by atomic mass is 14.9. The molecular formula is C15H23N3. The number of nitrogen functional groups attached to an aromatic ring is 1. The first kappa shape index (κ1) is 12.9. The number of hydrogen-bond donors (Lipinski definition) is 2. The molecule has 0 atom stereocenters. The number of rotatable bonds is 4. The lowest BCUT2D eigenvalue weighted by molar-refractivity contribution is 0.338. The smallest absolute Gasteiger partial charge is 0.0573 e. The summed E-state index contributed by atoms with van der Waals surface area (Å²) in [5, 5.41) is 3.47. The molecule has 0 unspecified atom stereocenters. The lowest BCUT2D eigenvalue weighted by atomic mass is 9.82. The van der Waals surface area contributed by atoms with Crippen LogP contribution in [0.4, 0.5) is 11.4 Å². The first-order valence-electron chi connectivity index (χ1n) is 6.80. The molecule has 0 aromatic heterocycles. The highest BCUT2D eigenvalue weighted by Crippen LogP contribution is 2.28. The summed E-state index contributed by atoms with van der Waals surface area (Å²) in [7, 11) is 1.87. The molecule has 1 aliphatic rings. The van der Waals surface area contributed by atoms with E-state index < -0.39 is 0 Å². The fourth-order valence-corrected chi connectivity index (χ4v) is 2.66. The molecular weight excluding hydrogens is 222 g/mol. The molecule has 0 saturated heterocycles. The molecule has 3 heteroatoms. The fraction of sp³-hybridized carbons (Fsp3) is 0.533. The Morgan fingerprint density at radius 1 is 1.28 bits per heavy atom. The first-order chi connectivity index (χ1) is 8.79. The minimum Gasteiger partial charge on any atom is -0.397 e. The van der Waals surface area contributed by atoms with Crippen LogP contribution in [-0.2, 0) is 0 Å². The number of para-hydroxylation sites is 2. The Morgan fingerprint density at radius 3 is 2.67 bits per heavy atom. The van der Waals surface area contributed by atoms with Gasteiger partial charge in [0.05, 0.1) is 11.4 Å². The predicted octanol–water partition coefficient (Wildman–Crippen LogP) is 3.19. The summed E-state index contributed by atoms with van der Waals surface area (Å²) in [4.78, 5) is 4.13. The third-order valence-electron chi connectivity index (χ3n) is 3.79. The van der Waals surface area contributed by atoms with Gasteiger partial charge < -0.3 is 16.0 Å². The average Bonchev–Trinajstić information content (AvgIpc) is 2.40. The van der Waals surface area contributed by atoms with Gasteiger partial charge in [0.25, 0.3) is 0 Å². The molecule has 1 fully saturated rings. The van der Waals surface area contributed by atoms with Crippen molar-refractivity contribution in [2.45, 2.75) is 25.7 Å². The number of aliphatic imine (C=N–C) groups is 1. The van der Waals surface area contributed by atoms with Crippen molar-refractivity contribution >= 4 is 17.6 Å². The van der Waals surface area contributed by atoms with Crippen LogP contribution in [0.5, 0.6) is 0 Å². The van der Waals surface area contributed by atoms with Crippen LogP contribution >= 0.6 is 0 Å². The molecule has 3 N–H and O–H groups in total. The standard InChI is InChI=1S/C15H23N3/c1-17-10-12-6-8-13(9-7-12)11-18-15-5-3-2-4-14(15)16/h2-5,10,12-13,18H,6-9,11,16H2,1H3. The zero-order valence-corrected chi connectivity index (χ0v) is 11.1. The van der Waals surface area contributed by atoms with Gasteiger partial charge >= 0.3 is 0 Å². The molecule has 0 radical (unpaired) electrons. The van der Waals surface area contributed by atoms with E-state index in [1.165, 1.54) is 25.7 Å². The van der Waals surface area contributed by atoms with Gasteiger partial charge in [-0.3, -0.25) is 0 Å². The van der Waals surface area contributed by atoms with E-state index in [0.717, 1.165) is 23.8 Å². The van der Waals surface area contributed by atoms with Crippen LogP contribution in [0, 0.1) is 11.8 Å². The first-order valence-corrected chi connectivity index (χ1v) is 6.80. The predicted molar refractivity (Wildman–Crippen MR) is 79.2 cm³/mol. The Hall–Kier alpha value is -1.51. The summed E-state index contributed by atoms with van der Waals surface area (Å²) >= 11 is 0. The Morgan fingerprint density at radius 2 is 2.00 bits per heavy atom. The summed E-state index contributed by atoms with van der Waals surface area (Å²) in [6.45, 7) is 1.03. The number of nitrogens with two attached hydrogens (primary N) is 1. The SMILES string of the molecule is CN=CC1CCC(CNc2ccccc2N)CC1. The van der Waals surface area contributed by atoms with E-state index in [-0.39, 0.29) is 0 Å². The summed E-state index contributed by atoms with van der Waals surface area (Å²) in [5.41, 5.74) is 7.82. The Balaban J connectivity index is 1.77. The highest BCUT2D eigenvalue weighted by molar-refractivity contribution is 5.65. The van der Waals surface area contributed by atoms with Gasteiger partial charge in [-0.15, -0.1) is 0 Å². The van der Waals surface area contributed by atoms with E-state index in [1.807, 2.05) is 31.3 Å². The van der Waals surface area contributed by atoms with Gasteiger partial charge in [0.15, 0.2) is 0 Å². The van der Waals surface area contributed by atoms with Crippen LogP contribution in [0.15, 0.2) is 29.3 Å². The number of nitrogens with zero attached hydrogens (tertiary/aromatic N) is 1. The summed E-state index contributed by atoms with van der Waals surface area (Å²) in [6.07, 6.45) is 7.23. The van der Waals surface area contributed by atoms with Gasteiger partial charge in [-0.2, -0.15) is 0 Å². The monoisotopic (exact) mass is 245 g/mol. The second kappa shape index (κ2) is 6.43. The molecule has 1 aromatic carbocycles. The van der Waals surface area contributed by atoms with Gasteiger partial charge in [0, 0.05) is 19.8 Å². The Bertz CT molecular complexity index is 392. The highest BCUT2D eigenvalue weighted by Gasteiger charge is 2.19. The van der Waals surface area contributed by atoms with Crippen molar-refractivity contribution in [3.8, 4) is 0 Å². The molecule has 0 amide bonds. The molecule has 0 aliphatic heterocycles. The maximum Gasteiger partial charge on any atom is 0.0573 e. The zero-order valence-electron chi connectivity index (χ0n) is 11.1. The third-order valence-corrected chi connectivity index (χ3v) is 3.79. The average molecular weight is 245 g/mol. The molecule has 1 aliphatic carbocycles. The maximum atomic E-state index is 5.92. The van der Waals surface area contributed by atoms with E-state index in [2.05, 4.69) is 16.5 Å². The maximum absolute atomic E-state index is 5.92. The van der Waals surface area contributed by atoms with Gasteiger partial charge in [-0.25, -0.2) is 0 Å². The quantitative estimate of drug-likeness (QED) is 0.632. The lowest BCUT2D eigenvalue weighted by Crippen LogP contribution is -2.22. The van der Waals surface area contributed by atoms with Crippen molar-refractivity contribution in [3.05, 3.63) is 24.3 Å².